The predicted molar refractivity (Wildman–Crippen MR) is 91.3 cm³/mol. The minimum atomic E-state index is 0.197. The number of nitrogens with zero attached hydrogens (tertiary/aromatic N) is 3. The van der Waals surface area contributed by atoms with Crippen LogP contribution in [0.25, 0.3) is 0 Å². The van der Waals surface area contributed by atoms with Gasteiger partial charge in [-0.2, -0.15) is 5.10 Å². The van der Waals surface area contributed by atoms with Crippen molar-refractivity contribution in [1.29, 1.82) is 0 Å². The highest BCUT2D eigenvalue weighted by Crippen LogP contribution is 2.30. The number of carbonyl (C=O) groups excluding carboxylic acids is 1. The first kappa shape index (κ1) is 14.6. The van der Waals surface area contributed by atoms with Crippen LogP contribution in [0.2, 0.25) is 0 Å². The molecule has 110 valence electrons. The Morgan fingerprint density at radius 3 is 2.81 bits per heavy atom. The Balaban J connectivity index is 1.94. The van der Waals surface area contributed by atoms with E-state index in [0.717, 1.165) is 29.9 Å². The molecular weight excluding hydrogens is 377 g/mol. The fourth-order valence-electron chi connectivity index (χ4n) is 2.76. The van der Waals surface area contributed by atoms with Crippen molar-refractivity contribution >= 4 is 34.2 Å². The van der Waals surface area contributed by atoms with Gasteiger partial charge in [0.25, 0.3) is 0 Å². The van der Waals surface area contributed by atoms with E-state index in [1.165, 1.54) is 9.13 Å². The van der Waals surface area contributed by atoms with Gasteiger partial charge in [0, 0.05) is 22.7 Å². The Labute approximate surface area is 138 Å². The summed E-state index contributed by atoms with van der Waals surface area (Å²) in [6.07, 6.45) is 2.34. The van der Waals surface area contributed by atoms with Gasteiger partial charge < -0.3 is 4.90 Å². The Hall–Kier alpha value is -1.37. The molecule has 0 N–H and O–H groups in total. The second-order valence-electron chi connectivity index (χ2n) is 5.36. The zero-order valence-electron chi connectivity index (χ0n) is 12.3. The molecule has 0 unspecified atom stereocenters. The minimum absolute atomic E-state index is 0.197. The molecule has 4 nitrogen and oxygen atoms in total. The van der Waals surface area contributed by atoms with E-state index in [4.69, 9.17) is 0 Å². The normalized spacial score (nSPS) is 14.4. The van der Waals surface area contributed by atoms with Gasteiger partial charge in [-0.3, -0.25) is 9.48 Å². The molecule has 1 amide bonds. The van der Waals surface area contributed by atoms with E-state index in [2.05, 4.69) is 58.9 Å². The highest BCUT2D eigenvalue weighted by Gasteiger charge is 2.25. The van der Waals surface area contributed by atoms with Crippen molar-refractivity contribution in [3.05, 3.63) is 44.8 Å². The molecule has 1 aliphatic heterocycles. The summed E-state index contributed by atoms with van der Waals surface area (Å²) in [6.45, 7) is 2.69. The number of fused-ring (bicyclic) bond motifs is 1. The number of hydrogen-bond acceptors (Lipinski definition) is 2. The van der Waals surface area contributed by atoms with Crippen LogP contribution in [0.1, 0.15) is 30.3 Å². The summed E-state index contributed by atoms with van der Waals surface area (Å²) < 4.78 is 3.10. The van der Waals surface area contributed by atoms with Crippen LogP contribution < -0.4 is 4.90 Å². The van der Waals surface area contributed by atoms with Gasteiger partial charge >= 0.3 is 0 Å². The minimum Gasteiger partial charge on any atom is -0.306 e. The molecule has 0 bridgehead atoms. The fraction of sp³-hybridized carbons (Fsp3) is 0.375. The molecule has 0 radical (unpaired) electrons. The molecule has 0 fully saturated rings. The van der Waals surface area contributed by atoms with Crippen LogP contribution >= 0.6 is 22.6 Å². The first-order valence-electron chi connectivity index (χ1n) is 7.19. The molecule has 3 rings (SSSR count). The Kier molecular flexibility index (Phi) is 4.01. The molecule has 2 aromatic rings. The van der Waals surface area contributed by atoms with E-state index in [1.54, 1.807) is 0 Å². The van der Waals surface area contributed by atoms with E-state index < -0.39 is 0 Å². The number of benzene rings is 1. The smallest absolute Gasteiger partial charge is 0.227 e. The van der Waals surface area contributed by atoms with Gasteiger partial charge in [0.2, 0.25) is 5.91 Å². The van der Waals surface area contributed by atoms with Crippen LogP contribution in [-0.2, 0) is 31.2 Å². The number of aryl methyl sites for hydroxylation is 3. The lowest BCUT2D eigenvalue weighted by Crippen LogP contribution is -2.35. The number of aromatic nitrogens is 2. The van der Waals surface area contributed by atoms with Gasteiger partial charge in [0.1, 0.15) is 0 Å². The number of rotatable bonds is 3. The van der Waals surface area contributed by atoms with Gasteiger partial charge in [-0.1, -0.05) is 6.92 Å². The van der Waals surface area contributed by atoms with E-state index in [9.17, 15) is 4.79 Å². The van der Waals surface area contributed by atoms with Gasteiger partial charge in [-0.05, 0) is 65.3 Å². The largest absolute Gasteiger partial charge is 0.306 e. The summed E-state index contributed by atoms with van der Waals surface area (Å²) >= 11 is 2.32. The highest BCUT2D eigenvalue weighted by atomic mass is 127. The van der Waals surface area contributed by atoms with E-state index >= 15 is 0 Å². The lowest BCUT2D eigenvalue weighted by molar-refractivity contribution is -0.119. The topological polar surface area (TPSA) is 38.1 Å². The van der Waals surface area contributed by atoms with Crippen molar-refractivity contribution in [3.8, 4) is 0 Å². The first-order valence-corrected chi connectivity index (χ1v) is 8.27. The molecule has 21 heavy (non-hydrogen) atoms. The quantitative estimate of drug-likeness (QED) is 0.750. The summed E-state index contributed by atoms with van der Waals surface area (Å²) in [6, 6.07) is 8.39. The lowest BCUT2D eigenvalue weighted by Gasteiger charge is -2.29. The molecule has 0 saturated heterocycles. The maximum atomic E-state index is 12.3. The molecule has 0 atom stereocenters. The Morgan fingerprint density at radius 1 is 1.29 bits per heavy atom. The van der Waals surface area contributed by atoms with E-state index in [0.29, 0.717) is 13.0 Å². The van der Waals surface area contributed by atoms with Crippen LogP contribution in [0.3, 0.4) is 0 Å². The number of halogens is 1. The highest BCUT2D eigenvalue weighted by molar-refractivity contribution is 14.1. The van der Waals surface area contributed by atoms with Crippen LogP contribution in [0, 0.1) is 3.57 Å². The molecule has 1 aromatic heterocycles. The first-order chi connectivity index (χ1) is 10.1. The van der Waals surface area contributed by atoms with Crippen LogP contribution in [0.5, 0.6) is 0 Å². The molecule has 5 heteroatoms. The van der Waals surface area contributed by atoms with Crippen molar-refractivity contribution < 1.29 is 4.79 Å². The summed E-state index contributed by atoms with van der Waals surface area (Å²) in [7, 11) is 1.94. The van der Waals surface area contributed by atoms with Gasteiger partial charge in [-0.25, -0.2) is 0 Å². The molecule has 0 aliphatic carbocycles. The summed E-state index contributed by atoms with van der Waals surface area (Å²) in [5.74, 6) is 0.197. The van der Waals surface area contributed by atoms with Crippen molar-refractivity contribution in [2.24, 2.45) is 7.05 Å². The Bertz CT molecular complexity index is 693. The number of carbonyl (C=O) groups is 1. The number of anilines is 1. The van der Waals surface area contributed by atoms with Gasteiger partial charge in [0.15, 0.2) is 0 Å². The maximum absolute atomic E-state index is 12.3. The van der Waals surface area contributed by atoms with Crippen molar-refractivity contribution in [2.75, 3.05) is 4.90 Å². The van der Waals surface area contributed by atoms with Crippen molar-refractivity contribution in [1.82, 2.24) is 9.78 Å². The average Bonchev–Trinajstić information content (AvgIpc) is 2.82. The van der Waals surface area contributed by atoms with Gasteiger partial charge in [-0.15, -0.1) is 0 Å². The molecular formula is C16H18IN3O. The molecule has 2 heterocycles. The predicted octanol–water partition coefficient (Wildman–Crippen LogP) is 3.07. The zero-order valence-corrected chi connectivity index (χ0v) is 14.4. The molecule has 0 spiro atoms. The van der Waals surface area contributed by atoms with E-state index in [-0.39, 0.29) is 5.91 Å². The molecule has 1 aromatic carbocycles. The zero-order chi connectivity index (χ0) is 15.0. The standard InChI is InChI=1S/C16H18IN3O/c1-3-13-9-14(19(2)18-13)10-20-15-6-5-12(17)8-11(15)4-7-16(20)21/h5-6,8-9H,3-4,7,10H2,1-2H3. The van der Waals surface area contributed by atoms with Crippen molar-refractivity contribution in [3.63, 3.8) is 0 Å². The number of hydrogen-bond donors (Lipinski definition) is 0. The second-order valence-corrected chi connectivity index (χ2v) is 6.60. The van der Waals surface area contributed by atoms with Gasteiger partial charge in [0.05, 0.1) is 17.9 Å². The third kappa shape index (κ3) is 2.84. The summed E-state index contributed by atoms with van der Waals surface area (Å²) in [5.41, 5.74) is 4.46. The number of amides is 1. The van der Waals surface area contributed by atoms with Crippen LogP contribution in [0.15, 0.2) is 24.3 Å². The SMILES string of the molecule is CCc1cc(CN2C(=O)CCc3cc(I)ccc32)n(C)n1. The molecule has 1 aliphatic rings. The maximum Gasteiger partial charge on any atom is 0.227 e. The van der Waals surface area contributed by atoms with Crippen LogP contribution in [-0.4, -0.2) is 15.7 Å². The third-order valence-corrected chi connectivity index (χ3v) is 4.62. The monoisotopic (exact) mass is 395 g/mol. The second kappa shape index (κ2) is 5.79. The van der Waals surface area contributed by atoms with Crippen LogP contribution in [0.4, 0.5) is 5.69 Å². The van der Waals surface area contributed by atoms with E-state index in [1.807, 2.05) is 16.6 Å². The average molecular weight is 395 g/mol. The van der Waals surface area contributed by atoms with Crippen molar-refractivity contribution in [2.45, 2.75) is 32.7 Å². The lowest BCUT2D eigenvalue weighted by atomic mass is 10.0. The Morgan fingerprint density at radius 2 is 2.10 bits per heavy atom. The fourth-order valence-corrected chi connectivity index (χ4v) is 3.31. The third-order valence-electron chi connectivity index (χ3n) is 3.95. The summed E-state index contributed by atoms with van der Waals surface area (Å²) in [5, 5.41) is 4.47. The molecule has 0 saturated carbocycles. The summed E-state index contributed by atoms with van der Waals surface area (Å²) in [4.78, 5) is 14.2.